The summed E-state index contributed by atoms with van der Waals surface area (Å²) in [5.74, 6) is 1.83. The van der Waals surface area contributed by atoms with Gasteiger partial charge in [-0.15, -0.1) is 0 Å². The predicted octanol–water partition coefficient (Wildman–Crippen LogP) is 3.25. The van der Waals surface area contributed by atoms with E-state index in [2.05, 4.69) is 15.7 Å². The molecule has 11 heteroatoms. The molecule has 0 radical (unpaired) electrons. The molecule has 2 aliphatic rings. The van der Waals surface area contributed by atoms with Crippen LogP contribution in [0.4, 0.5) is 5.82 Å². The van der Waals surface area contributed by atoms with E-state index in [-0.39, 0.29) is 31.1 Å². The smallest absolute Gasteiger partial charge is 0.263 e. The lowest BCUT2D eigenvalue weighted by Crippen LogP contribution is -2.35. The fourth-order valence-corrected chi connectivity index (χ4v) is 4.95. The Labute approximate surface area is 193 Å². The molecule has 1 unspecified atom stereocenters. The molecule has 8 nitrogen and oxygen atoms in total. The highest BCUT2D eigenvalue weighted by molar-refractivity contribution is 7.98. The predicted molar refractivity (Wildman–Crippen MR) is 120 cm³/mol. The molecule has 3 heterocycles. The summed E-state index contributed by atoms with van der Waals surface area (Å²) in [4.78, 5) is 24.9. The van der Waals surface area contributed by atoms with Crippen molar-refractivity contribution in [2.75, 3.05) is 25.1 Å². The highest BCUT2D eigenvalue weighted by atomic mass is 35.5. The minimum Gasteiger partial charge on any atom is -0.482 e. The first-order chi connectivity index (χ1) is 15.0. The Kier molecular flexibility index (Phi) is 7.27. The summed E-state index contributed by atoms with van der Waals surface area (Å²) in [5, 5.41) is 11.1. The highest BCUT2D eigenvalue weighted by Crippen LogP contribution is 2.34. The molecule has 4 rings (SSSR count). The van der Waals surface area contributed by atoms with Crippen molar-refractivity contribution in [2.24, 2.45) is 0 Å². The number of thioether (sulfide) groups is 1. The zero-order valence-corrected chi connectivity index (χ0v) is 19.0. The summed E-state index contributed by atoms with van der Waals surface area (Å²) >= 11 is 13.7. The maximum atomic E-state index is 12.5. The third-order valence-electron chi connectivity index (χ3n) is 4.97. The van der Waals surface area contributed by atoms with Gasteiger partial charge in [0.05, 0.1) is 16.8 Å². The molecule has 1 aromatic heterocycles. The number of fused-ring (bicyclic) bond motifs is 1. The summed E-state index contributed by atoms with van der Waals surface area (Å²) < 4.78 is 12.6. The summed E-state index contributed by atoms with van der Waals surface area (Å²) in [5.41, 5.74) is 1.82. The lowest BCUT2D eigenvalue weighted by Gasteiger charge is -2.13. The van der Waals surface area contributed by atoms with Crippen LogP contribution in [0.3, 0.4) is 0 Å². The minimum atomic E-state index is -0.369. The van der Waals surface area contributed by atoms with Crippen molar-refractivity contribution in [3.8, 4) is 5.75 Å². The summed E-state index contributed by atoms with van der Waals surface area (Å²) in [6.45, 7) is 1.00. The number of ether oxygens (including phenoxy) is 2. The number of hydrogen-bond acceptors (Lipinski definition) is 6. The first kappa shape index (κ1) is 22.3. The lowest BCUT2D eigenvalue weighted by molar-refractivity contribution is -0.122. The normalized spacial score (nSPS) is 17.4. The minimum absolute atomic E-state index is 0.0177. The van der Waals surface area contributed by atoms with Gasteiger partial charge >= 0.3 is 0 Å². The molecule has 0 spiro atoms. The van der Waals surface area contributed by atoms with Crippen LogP contribution in [0.2, 0.25) is 10.0 Å². The Morgan fingerprint density at radius 2 is 2.16 bits per heavy atom. The monoisotopic (exact) mass is 484 g/mol. The summed E-state index contributed by atoms with van der Waals surface area (Å²) in [6, 6.07) is 4.79. The number of aromatic nitrogens is 2. The molecule has 2 aromatic rings. The quantitative estimate of drug-likeness (QED) is 0.596. The van der Waals surface area contributed by atoms with Crippen molar-refractivity contribution in [1.29, 1.82) is 0 Å². The second kappa shape index (κ2) is 10.1. The molecule has 1 saturated heterocycles. The Balaban J connectivity index is 1.37. The van der Waals surface area contributed by atoms with Crippen molar-refractivity contribution in [2.45, 2.75) is 37.0 Å². The van der Waals surface area contributed by atoms with Crippen molar-refractivity contribution in [1.82, 2.24) is 15.1 Å². The summed E-state index contributed by atoms with van der Waals surface area (Å²) in [6.07, 6.45) is 2.04. The van der Waals surface area contributed by atoms with Gasteiger partial charge in [0.1, 0.15) is 18.1 Å². The van der Waals surface area contributed by atoms with Crippen LogP contribution in [-0.4, -0.2) is 47.5 Å². The Morgan fingerprint density at radius 1 is 1.29 bits per heavy atom. The second-order valence-electron chi connectivity index (χ2n) is 7.28. The van der Waals surface area contributed by atoms with Gasteiger partial charge in [-0.05, 0) is 31.0 Å². The number of hydrogen-bond donors (Lipinski definition) is 2. The van der Waals surface area contributed by atoms with Crippen molar-refractivity contribution >= 4 is 52.6 Å². The lowest BCUT2D eigenvalue weighted by atomic mass is 10.2. The number of nitrogens with zero attached hydrogens (tertiary/aromatic N) is 2. The van der Waals surface area contributed by atoms with Crippen LogP contribution in [-0.2, 0) is 32.4 Å². The molecular weight excluding hydrogens is 463 g/mol. The molecular formula is C20H22Cl2N4O4S. The van der Waals surface area contributed by atoms with Crippen LogP contribution in [0.15, 0.2) is 18.2 Å². The number of carbonyl (C=O) groups is 2. The molecule has 1 fully saturated rings. The van der Waals surface area contributed by atoms with Gasteiger partial charge in [0.25, 0.3) is 5.91 Å². The first-order valence-electron chi connectivity index (χ1n) is 9.92. The average Bonchev–Trinajstić information content (AvgIpc) is 3.46. The van der Waals surface area contributed by atoms with Crippen molar-refractivity contribution in [3.63, 3.8) is 0 Å². The fraction of sp³-hybridized carbons (Fsp3) is 0.450. The summed E-state index contributed by atoms with van der Waals surface area (Å²) in [7, 11) is 0. The van der Waals surface area contributed by atoms with Crippen molar-refractivity contribution < 1.29 is 19.1 Å². The zero-order valence-electron chi connectivity index (χ0n) is 16.7. The van der Waals surface area contributed by atoms with Gasteiger partial charge in [-0.3, -0.25) is 9.59 Å². The van der Waals surface area contributed by atoms with Gasteiger partial charge in [-0.1, -0.05) is 23.2 Å². The van der Waals surface area contributed by atoms with Crippen molar-refractivity contribution in [3.05, 3.63) is 39.5 Å². The van der Waals surface area contributed by atoms with Crippen LogP contribution >= 0.6 is 35.0 Å². The molecule has 0 saturated carbocycles. The van der Waals surface area contributed by atoms with Gasteiger partial charge in [-0.25, -0.2) is 4.68 Å². The van der Waals surface area contributed by atoms with Gasteiger partial charge in [0, 0.05) is 35.2 Å². The third-order valence-corrected chi connectivity index (χ3v) is 6.47. The van der Waals surface area contributed by atoms with E-state index < -0.39 is 0 Å². The van der Waals surface area contributed by atoms with E-state index in [9.17, 15) is 9.59 Å². The molecule has 1 aromatic carbocycles. The van der Waals surface area contributed by atoms with E-state index >= 15 is 0 Å². The van der Waals surface area contributed by atoms with Crippen LogP contribution in [0.25, 0.3) is 0 Å². The standard InChI is InChI=1S/C20H22Cl2N4O4S/c21-12-3-4-17(15(22)6-12)30-9-19(28)24-20-14-10-31-11-16(14)25-26(20)8-18(27)23-7-13-2-1-5-29-13/h3-4,6,13H,1-2,5,7-11H2,(H,23,27)(H,24,28). The fourth-order valence-electron chi connectivity index (χ4n) is 3.45. The zero-order chi connectivity index (χ0) is 21.8. The Bertz CT molecular complexity index is 978. The largest absolute Gasteiger partial charge is 0.482 e. The SMILES string of the molecule is O=C(Cn1nc2c(c1NC(=O)COc1ccc(Cl)cc1Cl)CSC2)NCC1CCCO1. The van der Waals surface area contributed by atoms with E-state index in [1.165, 1.54) is 0 Å². The van der Waals surface area contributed by atoms with Gasteiger partial charge in [-0.2, -0.15) is 16.9 Å². The van der Waals surface area contributed by atoms with E-state index in [1.54, 1.807) is 34.6 Å². The molecule has 31 heavy (non-hydrogen) atoms. The molecule has 2 aliphatic heterocycles. The molecule has 0 bridgehead atoms. The van der Waals surface area contributed by atoms with Crippen LogP contribution in [0, 0.1) is 0 Å². The molecule has 1 atom stereocenters. The van der Waals surface area contributed by atoms with Gasteiger partial charge in [0.2, 0.25) is 5.91 Å². The van der Waals surface area contributed by atoms with E-state index in [4.69, 9.17) is 32.7 Å². The topological polar surface area (TPSA) is 94.5 Å². The maximum Gasteiger partial charge on any atom is 0.263 e. The maximum absolute atomic E-state index is 12.5. The van der Waals surface area contributed by atoms with Gasteiger partial charge in [0.15, 0.2) is 6.61 Å². The Hall–Kier alpha value is -1.94. The first-order valence-corrected chi connectivity index (χ1v) is 11.8. The number of halogens is 2. The Morgan fingerprint density at radius 3 is 2.94 bits per heavy atom. The van der Waals surface area contributed by atoms with Crippen LogP contribution in [0.1, 0.15) is 24.1 Å². The highest BCUT2D eigenvalue weighted by Gasteiger charge is 2.25. The van der Waals surface area contributed by atoms with E-state index in [1.807, 2.05) is 0 Å². The average molecular weight is 485 g/mol. The van der Waals surface area contributed by atoms with Crippen LogP contribution in [0.5, 0.6) is 5.75 Å². The number of anilines is 1. The van der Waals surface area contributed by atoms with E-state index in [0.717, 1.165) is 42.2 Å². The second-order valence-corrected chi connectivity index (χ2v) is 9.10. The third kappa shape index (κ3) is 5.65. The molecule has 0 aliphatic carbocycles. The number of rotatable bonds is 8. The number of amides is 2. The van der Waals surface area contributed by atoms with E-state index in [0.29, 0.717) is 28.2 Å². The molecule has 2 amide bonds. The van der Waals surface area contributed by atoms with Gasteiger partial charge < -0.3 is 20.1 Å². The van der Waals surface area contributed by atoms with Crippen LogP contribution < -0.4 is 15.4 Å². The molecule has 166 valence electrons. The number of nitrogens with one attached hydrogen (secondary N) is 2. The number of benzene rings is 1. The number of carbonyl (C=O) groups excluding carboxylic acids is 2. The molecule has 2 N–H and O–H groups in total.